The number of nitrogens with zero attached hydrogens (tertiary/aromatic N) is 1. The molecule has 1 aromatic heterocycles. The summed E-state index contributed by atoms with van der Waals surface area (Å²) in [6, 6.07) is 0. The second-order valence-electron chi connectivity index (χ2n) is 2.56. The highest BCUT2D eigenvalue weighted by Crippen LogP contribution is 2.24. The first-order chi connectivity index (χ1) is 6.52. The molecule has 14 heavy (non-hydrogen) atoms. The van der Waals surface area contributed by atoms with Gasteiger partial charge in [-0.05, 0) is 0 Å². The summed E-state index contributed by atoms with van der Waals surface area (Å²) in [5.74, 6) is -2.39. The summed E-state index contributed by atoms with van der Waals surface area (Å²) < 4.78 is 37.4. The maximum absolute atomic E-state index is 12.9. The summed E-state index contributed by atoms with van der Waals surface area (Å²) in [7, 11) is 0. The zero-order valence-electron chi connectivity index (χ0n) is 6.88. The average Bonchev–Trinajstić information content (AvgIpc) is 2.07. The summed E-state index contributed by atoms with van der Waals surface area (Å²) in [4.78, 5) is 13.5. The van der Waals surface area contributed by atoms with Crippen molar-refractivity contribution in [3.63, 3.8) is 0 Å². The Hall–Kier alpha value is -1.59. The van der Waals surface area contributed by atoms with Gasteiger partial charge in [0.1, 0.15) is 5.82 Å². The Balaban J connectivity index is 3.15. The van der Waals surface area contributed by atoms with Crippen LogP contribution in [0, 0.1) is 5.82 Å². The highest BCUT2D eigenvalue weighted by atomic mass is 19.3. The predicted molar refractivity (Wildman–Crippen MR) is 40.5 cm³/mol. The zero-order valence-corrected chi connectivity index (χ0v) is 6.88. The Morgan fingerprint density at radius 3 is 2.64 bits per heavy atom. The van der Waals surface area contributed by atoms with Crippen LogP contribution in [-0.2, 0) is 11.2 Å². The Bertz CT molecular complexity index is 354. The van der Waals surface area contributed by atoms with Gasteiger partial charge in [-0.3, -0.25) is 9.78 Å². The lowest BCUT2D eigenvalue weighted by molar-refractivity contribution is -0.136. The van der Waals surface area contributed by atoms with Gasteiger partial charge in [-0.2, -0.15) is 0 Å². The summed E-state index contributed by atoms with van der Waals surface area (Å²) in [6.07, 6.45) is -2.21. The molecule has 0 saturated heterocycles. The van der Waals surface area contributed by atoms with Gasteiger partial charge in [0.2, 0.25) is 0 Å². The molecule has 0 aliphatic heterocycles. The second kappa shape index (κ2) is 4.08. The lowest BCUT2D eigenvalue weighted by Crippen LogP contribution is -2.07. The second-order valence-corrected chi connectivity index (χ2v) is 2.56. The topological polar surface area (TPSA) is 50.2 Å². The molecule has 0 fully saturated rings. The van der Waals surface area contributed by atoms with Crippen LogP contribution in [0.4, 0.5) is 13.2 Å². The van der Waals surface area contributed by atoms with Gasteiger partial charge in [-0.15, -0.1) is 0 Å². The molecule has 0 saturated carbocycles. The normalized spacial score (nSPS) is 10.6. The molecule has 0 atom stereocenters. The number of carbonyl (C=O) groups is 1. The maximum atomic E-state index is 12.9. The molecule has 3 nitrogen and oxygen atoms in total. The lowest BCUT2D eigenvalue weighted by Gasteiger charge is -2.06. The number of carboxylic acids is 1. The van der Waals surface area contributed by atoms with Gasteiger partial charge in [-0.1, -0.05) is 0 Å². The Labute approximate surface area is 77.2 Å². The SMILES string of the molecule is O=C(O)Cc1c(F)cncc1C(F)F. The quantitative estimate of drug-likeness (QED) is 0.818. The van der Waals surface area contributed by atoms with Gasteiger partial charge in [0.15, 0.2) is 0 Å². The molecule has 0 spiro atoms. The lowest BCUT2D eigenvalue weighted by atomic mass is 10.1. The number of hydrogen-bond donors (Lipinski definition) is 1. The van der Waals surface area contributed by atoms with E-state index < -0.39 is 35.8 Å². The van der Waals surface area contributed by atoms with Crippen LogP contribution < -0.4 is 0 Å². The van der Waals surface area contributed by atoms with Crippen molar-refractivity contribution in [2.24, 2.45) is 0 Å². The molecule has 0 aliphatic rings. The summed E-state index contributed by atoms with van der Waals surface area (Å²) in [6.45, 7) is 0. The van der Waals surface area contributed by atoms with E-state index in [-0.39, 0.29) is 0 Å². The fourth-order valence-electron chi connectivity index (χ4n) is 1.00. The van der Waals surface area contributed by atoms with Gasteiger partial charge in [-0.25, -0.2) is 13.2 Å². The highest BCUT2D eigenvalue weighted by molar-refractivity contribution is 5.70. The highest BCUT2D eigenvalue weighted by Gasteiger charge is 2.18. The first-order valence-electron chi connectivity index (χ1n) is 3.64. The van der Waals surface area contributed by atoms with Crippen LogP contribution in [0.3, 0.4) is 0 Å². The van der Waals surface area contributed by atoms with Crippen LogP contribution in [0.25, 0.3) is 0 Å². The number of pyridine rings is 1. The zero-order chi connectivity index (χ0) is 10.7. The van der Waals surface area contributed by atoms with Crippen LogP contribution in [0.2, 0.25) is 0 Å². The minimum absolute atomic E-state index is 0.512. The van der Waals surface area contributed by atoms with Crippen LogP contribution in [0.5, 0.6) is 0 Å². The van der Waals surface area contributed by atoms with Crippen molar-refractivity contribution in [1.82, 2.24) is 4.98 Å². The Morgan fingerprint density at radius 2 is 2.14 bits per heavy atom. The molecule has 1 rings (SSSR count). The van der Waals surface area contributed by atoms with E-state index in [1.54, 1.807) is 0 Å². The minimum Gasteiger partial charge on any atom is -0.481 e. The molecule has 1 heterocycles. The van der Waals surface area contributed by atoms with E-state index in [0.717, 1.165) is 6.20 Å². The number of hydrogen-bond acceptors (Lipinski definition) is 2. The molecular weight excluding hydrogens is 199 g/mol. The van der Waals surface area contributed by atoms with Gasteiger partial charge < -0.3 is 5.11 Å². The number of carboxylic acid groups (broad SMARTS) is 1. The molecule has 1 aromatic rings. The third-order valence-corrected chi connectivity index (χ3v) is 1.60. The largest absolute Gasteiger partial charge is 0.481 e. The minimum atomic E-state index is -2.92. The van der Waals surface area contributed by atoms with E-state index in [2.05, 4.69) is 4.98 Å². The van der Waals surface area contributed by atoms with Gasteiger partial charge >= 0.3 is 5.97 Å². The summed E-state index contributed by atoms with van der Waals surface area (Å²) >= 11 is 0. The first-order valence-corrected chi connectivity index (χ1v) is 3.64. The fraction of sp³-hybridized carbons (Fsp3) is 0.250. The predicted octanol–water partition coefficient (Wildman–Crippen LogP) is 1.79. The third kappa shape index (κ3) is 2.21. The number of aliphatic carboxylic acids is 1. The van der Waals surface area contributed by atoms with Crippen molar-refractivity contribution in [3.05, 3.63) is 29.3 Å². The number of alkyl halides is 2. The molecule has 0 radical (unpaired) electrons. The van der Waals surface area contributed by atoms with Crippen molar-refractivity contribution in [2.75, 3.05) is 0 Å². The van der Waals surface area contributed by atoms with Gasteiger partial charge in [0.25, 0.3) is 6.43 Å². The molecule has 0 aromatic carbocycles. The van der Waals surface area contributed by atoms with E-state index in [1.165, 1.54) is 0 Å². The van der Waals surface area contributed by atoms with Crippen LogP contribution in [0.15, 0.2) is 12.4 Å². The van der Waals surface area contributed by atoms with Gasteiger partial charge in [0.05, 0.1) is 12.6 Å². The van der Waals surface area contributed by atoms with Crippen molar-refractivity contribution in [3.8, 4) is 0 Å². The van der Waals surface area contributed by atoms with Gasteiger partial charge in [0, 0.05) is 17.3 Å². The first kappa shape index (κ1) is 10.5. The maximum Gasteiger partial charge on any atom is 0.307 e. The molecule has 0 bridgehead atoms. The number of rotatable bonds is 3. The van der Waals surface area contributed by atoms with E-state index in [4.69, 9.17) is 5.11 Å². The van der Waals surface area contributed by atoms with Crippen molar-refractivity contribution < 1.29 is 23.1 Å². The van der Waals surface area contributed by atoms with Crippen LogP contribution in [-0.4, -0.2) is 16.1 Å². The smallest absolute Gasteiger partial charge is 0.307 e. The van der Waals surface area contributed by atoms with E-state index in [0.29, 0.717) is 6.20 Å². The molecule has 76 valence electrons. The molecule has 1 N–H and O–H groups in total. The molecule has 0 unspecified atom stereocenters. The molecule has 0 aliphatic carbocycles. The average molecular weight is 205 g/mol. The standard InChI is InChI=1S/C8H6F3NO2/c9-6-3-12-2-5(8(10)11)4(6)1-7(13)14/h2-3,8H,1H2,(H,13,14). The van der Waals surface area contributed by atoms with E-state index >= 15 is 0 Å². The van der Waals surface area contributed by atoms with Crippen molar-refractivity contribution >= 4 is 5.97 Å². The molecule has 0 amide bonds. The van der Waals surface area contributed by atoms with E-state index in [9.17, 15) is 18.0 Å². The fourth-order valence-corrected chi connectivity index (χ4v) is 1.00. The number of aromatic nitrogens is 1. The Morgan fingerprint density at radius 1 is 1.50 bits per heavy atom. The van der Waals surface area contributed by atoms with Crippen LogP contribution in [0.1, 0.15) is 17.6 Å². The van der Waals surface area contributed by atoms with Crippen LogP contribution >= 0.6 is 0 Å². The monoisotopic (exact) mass is 205 g/mol. The molecular formula is C8H6F3NO2. The summed E-state index contributed by atoms with van der Waals surface area (Å²) in [5, 5.41) is 8.37. The third-order valence-electron chi connectivity index (χ3n) is 1.60. The number of halogens is 3. The van der Waals surface area contributed by atoms with E-state index in [1.807, 2.05) is 0 Å². The summed E-state index contributed by atoms with van der Waals surface area (Å²) in [5.41, 5.74) is -1.19. The van der Waals surface area contributed by atoms with Crippen molar-refractivity contribution in [1.29, 1.82) is 0 Å². The molecule has 6 heteroatoms. The van der Waals surface area contributed by atoms with Crippen molar-refractivity contribution in [2.45, 2.75) is 12.8 Å². The Kier molecular flexibility index (Phi) is 3.06.